The average molecular weight is 380 g/mol. The van der Waals surface area contributed by atoms with E-state index in [1.54, 1.807) is 11.3 Å². The van der Waals surface area contributed by atoms with Gasteiger partial charge in [0.1, 0.15) is 0 Å². The number of amides is 1. The predicted molar refractivity (Wildman–Crippen MR) is 102 cm³/mol. The Labute approximate surface area is 157 Å². The van der Waals surface area contributed by atoms with Gasteiger partial charge in [0.15, 0.2) is 0 Å². The number of thiophene rings is 1. The Hall–Kier alpha value is -1.34. The number of nitrogens with one attached hydrogen (secondary N) is 1. The zero-order chi connectivity index (χ0) is 18.0. The van der Waals surface area contributed by atoms with Crippen molar-refractivity contribution in [3.8, 4) is 10.8 Å². The monoisotopic (exact) mass is 379 g/mol. The van der Waals surface area contributed by atoms with E-state index in [0.717, 1.165) is 23.6 Å². The lowest BCUT2D eigenvalue weighted by atomic mass is 9.90. The standard InChI is InChI=1S/C18H25N3O2S2/c1-10(2)9-19-16(22)12(4)24-18-21-20-17(23-18)15-8-13-7-11(3)5-6-14(13)25-15/h8,10-12H,5-7,9H2,1-4H3,(H,19,22)/t11-,12-/m1/s1. The van der Waals surface area contributed by atoms with E-state index in [0.29, 0.717) is 23.6 Å². The molecule has 7 heteroatoms. The number of rotatable bonds is 6. The Bertz CT molecular complexity index is 739. The van der Waals surface area contributed by atoms with Crippen LogP contribution in [0.3, 0.4) is 0 Å². The molecule has 1 aliphatic rings. The summed E-state index contributed by atoms with van der Waals surface area (Å²) in [5, 5.41) is 11.4. The van der Waals surface area contributed by atoms with E-state index in [9.17, 15) is 4.79 Å². The zero-order valence-electron chi connectivity index (χ0n) is 15.2. The second kappa shape index (κ2) is 7.91. The molecule has 3 rings (SSSR count). The molecular weight excluding hydrogens is 354 g/mol. The molecule has 0 saturated heterocycles. The van der Waals surface area contributed by atoms with Gasteiger partial charge in [-0.3, -0.25) is 4.79 Å². The Balaban J connectivity index is 1.64. The summed E-state index contributed by atoms with van der Waals surface area (Å²) in [6.45, 7) is 8.98. The molecule has 0 fully saturated rings. The number of hydrogen-bond acceptors (Lipinski definition) is 6. The highest BCUT2D eigenvalue weighted by Gasteiger charge is 2.22. The average Bonchev–Trinajstić information content (AvgIpc) is 3.18. The van der Waals surface area contributed by atoms with Gasteiger partial charge < -0.3 is 9.73 Å². The van der Waals surface area contributed by atoms with Crippen molar-refractivity contribution in [2.75, 3.05) is 6.54 Å². The second-order valence-electron chi connectivity index (χ2n) is 7.18. The number of thioether (sulfide) groups is 1. The summed E-state index contributed by atoms with van der Waals surface area (Å²) in [7, 11) is 0. The quantitative estimate of drug-likeness (QED) is 0.763. The van der Waals surface area contributed by atoms with Gasteiger partial charge in [0.25, 0.3) is 11.1 Å². The minimum Gasteiger partial charge on any atom is -0.410 e. The van der Waals surface area contributed by atoms with Gasteiger partial charge in [-0.25, -0.2) is 0 Å². The molecule has 2 heterocycles. The van der Waals surface area contributed by atoms with Crippen LogP contribution in [0.25, 0.3) is 10.8 Å². The molecule has 0 aliphatic heterocycles. The summed E-state index contributed by atoms with van der Waals surface area (Å²) in [5.74, 6) is 1.74. The van der Waals surface area contributed by atoms with Crippen molar-refractivity contribution in [2.45, 2.75) is 57.4 Å². The van der Waals surface area contributed by atoms with Gasteiger partial charge in [-0.2, -0.15) is 0 Å². The van der Waals surface area contributed by atoms with E-state index in [2.05, 4.69) is 42.4 Å². The van der Waals surface area contributed by atoms with Crippen LogP contribution in [0.15, 0.2) is 15.7 Å². The van der Waals surface area contributed by atoms with E-state index in [-0.39, 0.29) is 11.2 Å². The molecule has 2 atom stereocenters. The van der Waals surface area contributed by atoms with Crippen LogP contribution < -0.4 is 5.32 Å². The largest absolute Gasteiger partial charge is 0.410 e. The van der Waals surface area contributed by atoms with Crippen LogP contribution in [0.4, 0.5) is 0 Å². The van der Waals surface area contributed by atoms with E-state index < -0.39 is 0 Å². The summed E-state index contributed by atoms with van der Waals surface area (Å²) < 4.78 is 5.79. The number of hydrogen-bond donors (Lipinski definition) is 1. The third kappa shape index (κ3) is 4.64. The number of carbonyl (C=O) groups is 1. The summed E-state index contributed by atoms with van der Waals surface area (Å²) in [5.41, 5.74) is 1.42. The molecule has 2 aromatic rings. The smallest absolute Gasteiger partial charge is 0.277 e. The van der Waals surface area contributed by atoms with Crippen LogP contribution in [-0.2, 0) is 17.6 Å². The fourth-order valence-electron chi connectivity index (χ4n) is 2.82. The fraction of sp³-hybridized carbons (Fsp3) is 0.611. The Kier molecular flexibility index (Phi) is 5.84. The summed E-state index contributed by atoms with van der Waals surface area (Å²) in [4.78, 5) is 14.6. The third-order valence-corrected chi connectivity index (χ3v) is 6.44. The van der Waals surface area contributed by atoms with E-state index in [1.165, 1.54) is 28.6 Å². The molecule has 2 aromatic heterocycles. The molecule has 0 saturated carbocycles. The highest BCUT2D eigenvalue weighted by Crippen LogP contribution is 2.37. The molecule has 1 N–H and O–H groups in total. The Morgan fingerprint density at radius 3 is 3.00 bits per heavy atom. The molecule has 0 spiro atoms. The molecule has 1 amide bonds. The highest BCUT2D eigenvalue weighted by molar-refractivity contribution is 8.00. The summed E-state index contributed by atoms with van der Waals surface area (Å²) >= 11 is 3.06. The first-order valence-corrected chi connectivity index (χ1v) is 10.5. The van der Waals surface area contributed by atoms with Crippen LogP contribution in [-0.4, -0.2) is 27.9 Å². The third-order valence-electron chi connectivity index (χ3n) is 4.28. The molecule has 136 valence electrons. The van der Waals surface area contributed by atoms with Crippen LogP contribution in [0, 0.1) is 11.8 Å². The van der Waals surface area contributed by atoms with Gasteiger partial charge in [0, 0.05) is 11.4 Å². The van der Waals surface area contributed by atoms with Crippen molar-refractivity contribution in [1.82, 2.24) is 15.5 Å². The van der Waals surface area contributed by atoms with Gasteiger partial charge in [-0.05, 0) is 49.7 Å². The van der Waals surface area contributed by atoms with Gasteiger partial charge in [0.05, 0.1) is 10.1 Å². The molecule has 1 aliphatic carbocycles. The second-order valence-corrected chi connectivity index (χ2v) is 9.61. The molecular formula is C18H25N3O2S2. The number of fused-ring (bicyclic) bond motifs is 1. The molecule has 0 radical (unpaired) electrons. The minimum atomic E-state index is -0.260. The normalized spacial score (nSPS) is 18.2. The predicted octanol–water partition coefficient (Wildman–Crippen LogP) is 4.18. The van der Waals surface area contributed by atoms with Gasteiger partial charge in [-0.1, -0.05) is 32.5 Å². The van der Waals surface area contributed by atoms with E-state index in [4.69, 9.17) is 4.42 Å². The van der Waals surface area contributed by atoms with Crippen molar-refractivity contribution < 1.29 is 9.21 Å². The SMILES string of the molecule is CC(C)CNC(=O)[C@@H](C)Sc1nnc(-c2cc3c(s2)CC[C@@H](C)C3)o1. The van der Waals surface area contributed by atoms with Gasteiger partial charge in [0.2, 0.25) is 5.91 Å². The topological polar surface area (TPSA) is 68.0 Å². The van der Waals surface area contributed by atoms with Crippen LogP contribution in [0.1, 0.15) is 44.6 Å². The number of aromatic nitrogens is 2. The zero-order valence-corrected chi connectivity index (χ0v) is 16.8. The van der Waals surface area contributed by atoms with Crippen molar-refractivity contribution in [3.05, 3.63) is 16.5 Å². The van der Waals surface area contributed by atoms with E-state index in [1.807, 2.05) is 6.92 Å². The maximum atomic E-state index is 12.1. The van der Waals surface area contributed by atoms with Gasteiger partial charge >= 0.3 is 0 Å². The summed E-state index contributed by atoms with van der Waals surface area (Å²) in [6, 6.07) is 2.19. The molecule has 0 bridgehead atoms. The first-order valence-electron chi connectivity index (χ1n) is 8.82. The lowest BCUT2D eigenvalue weighted by Gasteiger charge is -2.16. The number of carbonyl (C=O) groups excluding carboxylic acids is 1. The van der Waals surface area contributed by atoms with Crippen LogP contribution >= 0.6 is 23.1 Å². The van der Waals surface area contributed by atoms with Crippen LogP contribution in [0.2, 0.25) is 0 Å². The van der Waals surface area contributed by atoms with Crippen molar-refractivity contribution in [2.24, 2.45) is 11.8 Å². The van der Waals surface area contributed by atoms with Crippen molar-refractivity contribution in [3.63, 3.8) is 0 Å². The van der Waals surface area contributed by atoms with Crippen molar-refractivity contribution in [1.29, 1.82) is 0 Å². The molecule has 5 nitrogen and oxygen atoms in total. The Morgan fingerprint density at radius 1 is 1.44 bits per heavy atom. The minimum absolute atomic E-state index is 0.000902. The lowest BCUT2D eigenvalue weighted by Crippen LogP contribution is -2.33. The number of nitrogens with zero attached hydrogens (tertiary/aromatic N) is 2. The van der Waals surface area contributed by atoms with E-state index >= 15 is 0 Å². The van der Waals surface area contributed by atoms with Crippen molar-refractivity contribution >= 4 is 29.0 Å². The molecule has 25 heavy (non-hydrogen) atoms. The fourth-order valence-corrected chi connectivity index (χ4v) is 4.66. The first kappa shape index (κ1) is 18.5. The first-order chi connectivity index (χ1) is 11.9. The lowest BCUT2D eigenvalue weighted by molar-refractivity contribution is -0.120. The van der Waals surface area contributed by atoms with Crippen LogP contribution in [0.5, 0.6) is 0 Å². The summed E-state index contributed by atoms with van der Waals surface area (Å²) in [6.07, 6.45) is 3.53. The Morgan fingerprint density at radius 2 is 2.24 bits per heavy atom. The molecule has 0 unspecified atom stereocenters. The van der Waals surface area contributed by atoms with Gasteiger partial charge in [-0.15, -0.1) is 21.5 Å². The highest BCUT2D eigenvalue weighted by atomic mass is 32.2. The number of aryl methyl sites for hydroxylation is 1. The molecule has 0 aromatic carbocycles. The maximum Gasteiger partial charge on any atom is 0.277 e. The maximum absolute atomic E-state index is 12.1.